The fraction of sp³-hybridized carbons (Fsp3) is 0.391. The number of unbranched alkanes of at least 4 members (excludes halogenated alkanes) is 1. The summed E-state index contributed by atoms with van der Waals surface area (Å²) in [7, 11) is -3.77. The van der Waals surface area contributed by atoms with Gasteiger partial charge in [0.25, 0.3) is 0 Å². The van der Waals surface area contributed by atoms with Crippen molar-refractivity contribution in [1.29, 1.82) is 0 Å². The van der Waals surface area contributed by atoms with Gasteiger partial charge in [0.05, 0.1) is 11.9 Å². The molecule has 2 amide bonds. The molecule has 0 aromatic heterocycles. The summed E-state index contributed by atoms with van der Waals surface area (Å²) >= 11 is 9.31. The van der Waals surface area contributed by atoms with E-state index in [1.807, 2.05) is 31.2 Å². The number of hydrogen-bond donors (Lipinski definition) is 1. The van der Waals surface area contributed by atoms with Gasteiger partial charge in [-0.3, -0.25) is 13.9 Å². The second kappa shape index (κ2) is 12.4. The normalized spacial score (nSPS) is 12.2. The van der Waals surface area contributed by atoms with E-state index in [-0.39, 0.29) is 12.5 Å². The lowest BCUT2D eigenvalue weighted by molar-refractivity contribution is -0.139. The zero-order valence-electron chi connectivity index (χ0n) is 18.9. The largest absolute Gasteiger partial charge is 0.354 e. The number of amides is 2. The quantitative estimate of drug-likeness (QED) is 0.419. The monoisotopic (exact) mass is 557 g/mol. The lowest BCUT2D eigenvalue weighted by atomic mass is 10.1. The van der Waals surface area contributed by atoms with Crippen molar-refractivity contribution in [3.05, 3.63) is 63.6 Å². The maximum Gasteiger partial charge on any atom is 0.244 e. The van der Waals surface area contributed by atoms with Crippen molar-refractivity contribution >= 4 is 55.1 Å². The van der Waals surface area contributed by atoms with Gasteiger partial charge in [0.1, 0.15) is 12.6 Å². The highest BCUT2D eigenvalue weighted by atomic mass is 79.9. The summed E-state index contributed by atoms with van der Waals surface area (Å²) in [4.78, 5) is 27.5. The number of carbonyl (C=O) groups excluding carboxylic acids is 2. The highest BCUT2D eigenvalue weighted by Crippen LogP contribution is 2.21. The Morgan fingerprint density at radius 1 is 1.09 bits per heavy atom. The Morgan fingerprint density at radius 2 is 1.70 bits per heavy atom. The smallest absolute Gasteiger partial charge is 0.244 e. The summed E-state index contributed by atoms with van der Waals surface area (Å²) in [6, 6.07) is 12.8. The molecule has 0 heterocycles. The van der Waals surface area contributed by atoms with E-state index in [9.17, 15) is 18.0 Å². The van der Waals surface area contributed by atoms with Gasteiger partial charge in [-0.25, -0.2) is 8.42 Å². The van der Waals surface area contributed by atoms with Crippen LogP contribution in [0.3, 0.4) is 0 Å². The van der Waals surface area contributed by atoms with Crippen molar-refractivity contribution in [3.63, 3.8) is 0 Å². The molecule has 180 valence electrons. The Balaban J connectivity index is 2.32. The summed E-state index contributed by atoms with van der Waals surface area (Å²) in [6.45, 7) is 3.90. The second-order valence-electron chi connectivity index (χ2n) is 7.71. The number of anilines is 1. The maximum absolute atomic E-state index is 13.4. The summed E-state index contributed by atoms with van der Waals surface area (Å²) in [5.41, 5.74) is 1.14. The van der Waals surface area contributed by atoms with E-state index >= 15 is 0 Å². The van der Waals surface area contributed by atoms with Gasteiger partial charge in [0, 0.05) is 22.6 Å². The second-order valence-corrected chi connectivity index (χ2v) is 11.0. The molecule has 1 atom stereocenters. The molecule has 0 saturated carbocycles. The molecule has 0 aliphatic carbocycles. The molecule has 2 rings (SSSR count). The number of nitrogens with one attached hydrogen (secondary N) is 1. The number of sulfonamides is 1. The lowest BCUT2D eigenvalue weighted by Crippen LogP contribution is -2.51. The van der Waals surface area contributed by atoms with E-state index in [4.69, 9.17) is 11.6 Å². The van der Waals surface area contributed by atoms with Gasteiger partial charge in [0.2, 0.25) is 21.8 Å². The van der Waals surface area contributed by atoms with Gasteiger partial charge in [-0.05, 0) is 55.3 Å². The SMILES string of the molecule is CCCCNC(=O)[C@H](C)N(Cc1ccc(Br)cc1)C(=O)CN(c1ccc(Cl)cc1)S(C)(=O)=O. The molecule has 1 N–H and O–H groups in total. The summed E-state index contributed by atoms with van der Waals surface area (Å²) < 4.78 is 26.9. The molecule has 0 spiro atoms. The number of halogens is 2. The third kappa shape index (κ3) is 8.32. The predicted octanol–water partition coefficient (Wildman–Crippen LogP) is 4.20. The van der Waals surface area contributed by atoms with Crippen LogP contribution in [0.15, 0.2) is 53.0 Å². The van der Waals surface area contributed by atoms with Crippen molar-refractivity contribution < 1.29 is 18.0 Å². The van der Waals surface area contributed by atoms with E-state index in [2.05, 4.69) is 21.2 Å². The zero-order chi connectivity index (χ0) is 24.6. The topological polar surface area (TPSA) is 86.8 Å². The minimum absolute atomic E-state index is 0.159. The Morgan fingerprint density at radius 3 is 2.24 bits per heavy atom. The van der Waals surface area contributed by atoms with Crippen molar-refractivity contribution in [1.82, 2.24) is 10.2 Å². The van der Waals surface area contributed by atoms with Crippen LogP contribution in [-0.2, 0) is 26.2 Å². The van der Waals surface area contributed by atoms with Crippen LogP contribution in [0.25, 0.3) is 0 Å². The van der Waals surface area contributed by atoms with E-state index in [1.165, 1.54) is 17.0 Å². The summed E-state index contributed by atoms with van der Waals surface area (Å²) in [6.07, 6.45) is 2.80. The number of nitrogens with zero attached hydrogens (tertiary/aromatic N) is 2. The molecule has 0 saturated heterocycles. The predicted molar refractivity (Wildman–Crippen MR) is 136 cm³/mol. The average molecular weight is 559 g/mol. The molecular formula is C23H29BrClN3O4S. The third-order valence-corrected chi connectivity index (χ3v) is 6.98. The molecule has 0 aliphatic rings. The highest BCUT2D eigenvalue weighted by Gasteiger charge is 2.30. The van der Waals surface area contributed by atoms with Crippen LogP contribution < -0.4 is 9.62 Å². The molecule has 7 nitrogen and oxygen atoms in total. The molecule has 0 unspecified atom stereocenters. The number of benzene rings is 2. The molecule has 0 radical (unpaired) electrons. The number of hydrogen-bond acceptors (Lipinski definition) is 4. The lowest BCUT2D eigenvalue weighted by Gasteiger charge is -2.31. The molecule has 0 bridgehead atoms. The highest BCUT2D eigenvalue weighted by molar-refractivity contribution is 9.10. The molecule has 0 fully saturated rings. The van der Waals surface area contributed by atoms with Gasteiger partial charge in [-0.2, -0.15) is 0 Å². The Labute approximate surface area is 209 Å². The van der Waals surface area contributed by atoms with Gasteiger partial charge in [0.15, 0.2) is 0 Å². The molecular weight excluding hydrogens is 530 g/mol. The van der Waals surface area contributed by atoms with Crippen LogP contribution in [0.2, 0.25) is 5.02 Å². The van der Waals surface area contributed by atoms with Crippen LogP contribution in [0.5, 0.6) is 0 Å². The van der Waals surface area contributed by atoms with Crippen molar-refractivity contribution in [2.24, 2.45) is 0 Å². The standard InChI is InChI=1S/C23H29BrClN3O4S/c1-4-5-14-26-23(30)17(2)27(15-18-6-8-19(24)9-7-18)22(29)16-28(33(3,31)32)21-12-10-20(25)11-13-21/h6-13,17H,4-5,14-16H2,1-3H3,(H,26,30)/t17-/m0/s1. The number of rotatable bonds is 11. The van der Waals surface area contributed by atoms with E-state index in [0.29, 0.717) is 17.3 Å². The van der Waals surface area contributed by atoms with Crippen LogP contribution in [0, 0.1) is 0 Å². The summed E-state index contributed by atoms with van der Waals surface area (Å²) in [5, 5.41) is 3.30. The molecule has 10 heteroatoms. The Bertz CT molecular complexity index is 1050. The first-order valence-electron chi connectivity index (χ1n) is 10.6. The maximum atomic E-state index is 13.4. The van der Waals surface area contributed by atoms with Crippen molar-refractivity contribution in [2.45, 2.75) is 39.3 Å². The Kier molecular flexibility index (Phi) is 10.2. The van der Waals surface area contributed by atoms with Gasteiger partial charge in [-0.15, -0.1) is 0 Å². The molecule has 2 aromatic rings. The Hall–Kier alpha value is -2.10. The van der Waals surface area contributed by atoms with E-state index < -0.39 is 28.5 Å². The summed E-state index contributed by atoms with van der Waals surface area (Å²) in [5.74, 6) is -0.775. The first kappa shape index (κ1) is 27.1. The van der Waals surface area contributed by atoms with Crippen molar-refractivity contribution in [2.75, 3.05) is 23.7 Å². The minimum atomic E-state index is -3.77. The van der Waals surface area contributed by atoms with Crippen molar-refractivity contribution in [3.8, 4) is 0 Å². The van der Waals surface area contributed by atoms with E-state index in [0.717, 1.165) is 33.4 Å². The molecule has 2 aromatic carbocycles. The first-order chi connectivity index (χ1) is 15.5. The van der Waals surface area contributed by atoms with Crippen LogP contribution >= 0.6 is 27.5 Å². The van der Waals surface area contributed by atoms with Gasteiger partial charge in [-0.1, -0.05) is 53.0 Å². The minimum Gasteiger partial charge on any atom is -0.354 e. The van der Waals surface area contributed by atoms with Crippen LogP contribution in [0.4, 0.5) is 5.69 Å². The van der Waals surface area contributed by atoms with Crippen LogP contribution in [-0.4, -0.2) is 50.5 Å². The van der Waals surface area contributed by atoms with E-state index in [1.54, 1.807) is 19.1 Å². The number of carbonyl (C=O) groups is 2. The fourth-order valence-corrected chi connectivity index (χ4v) is 4.37. The van der Waals surface area contributed by atoms with Gasteiger partial charge >= 0.3 is 0 Å². The van der Waals surface area contributed by atoms with Gasteiger partial charge < -0.3 is 10.2 Å². The first-order valence-corrected chi connectivity index (χ1v) is 13.6. The average Bonchev–Trinajstić information content (AvgIpc) is 2.76. The third-order valence-electron chi connectivity index (χ3n) is 5.06. The molecule has 33 heavy (non-hydrogen) atoms. The zero-order valence-corrected chi connectivity index (χ0v) is 22.1. The molecule has 0 aliphatic heterocycles. The fourth-order valence-electron chi connectivity index (χ4n) is 3.13. The van der Waals surface area contributed by atoms with Crippen LogP contribution in [0.1, 0.15) is 32.3 Å².